The molecule has 2 radical (unpaired) electrons. The van der Waals surface area contributed by atoms with Gasteiger partial charge in [-0.25, -0.2) is 0 Å². The summed E-state index contributed by atoms with van der Waals surface area (Å²) in [6.45, 7) is 0. The second-order valence-corrected chi connectivity index (χ2v) is 0. The van der Waals surface area contributed by atoms with Gasteiger partial charge in [0.25, 0.3) is 0 Å². The van der Waals surface area contributed by atoms with Gasteiger partial charge in [-0.2, -0.15) is 0 Å². The molecule has 0 unspecified atom stereocenters. The van der Waals surface area contributed by atoms with Gasteiger partial charge >= 0.3 is 25.6 Å². The first kappa shape index (κ1) is 16.5. The van der Waals surface area contributed by atoms with E-state index in [-0.39, 0.29) is 45.7 Å². The summed E-state index contributed by atoms with van der Waals surface area (Å²) in [6, 6.07) is 0. The van der Waals surface area contributed by atoms with E-state index in [1.54, 1.807) is 0 Å². The molecular weight excluding hydrogens is 291 g/mol. The van der Waals surface area contributed by atoms with E-state index in [0.717, 1.165) is 0 Å². The van der Waals surface area contributed by atoms with Crippen molar-refractivity contribution in [2.45, 2.75) is 0 Å². The number of hydrogen-bond donors (Lipinski definition) is 0. The van der Waals surface area contributed by atoms with Crippen molar-refractivity contribution in [2.75, 3.05) is 0 Å². The van der Waals surface area contributed by atoms with Crippen LogP contribution in [0.4, 0.5) is 0 Å². The molecule has 4 heavy (non-hydrogen) atoms. The smallest absolute Gasteiger partial charge is 0 e. The van der Waals surface area contributed by atoms with Crippen LogP contribution >= 0.6 is 0 Å². The molecule has 0 aliphatic heterocycles. The Morgan fingerprint density at radius 2 is 1.25 bits per heavy atom. The van der Waals surface area contributed by atoms with Crippen LogP contribution in [0.1, 0.15) is 0 Å². The molecule has 0 aromatic rings. The zero-order valence-corrected chi connectivity index (χ0v) is 10.4. The molecule has 0 spiro atoms. The minimum absolute atomic E-state index is 0. The van der Waals surface area contributed by atoms with Crippen molar-refractivity contribution >= 4 is 22.5 Å². The van der Waals surface area contributed by atoms with Crippen LogP contribution in [-0.2, 0) is 48.8 Å². The van der Waals surface area contributed by atoms with Gasteiger partial charge in [0.1, 0.15) is 0 Å². The third-order valence-electron chi connectivity index (χ3n) is 0. The summed E-state index contributed by atoms with van der Waals surface area (Å²) < 4.78 is 8.34. The molecule has 0 N–H and O–H groups in total. The van der Waals surface area contributed by atoms with Crippen LogP contribution in [0.15, 0.2) is 0 Å². The van der Waals surface area contributed by atoms with Gasteiger partial charge in [0.2, 0.25) is 0 Å². The maximum Gasteiger partial charge on any atom is 0 e. The van der Waals surface area contributed by atoms with Crippen LogP contribution in [0.3, 0.4) is 0 Å². The van der Waals surface area contributed by atoms with Crippen molar-refractivity contribution in [3.63, 3.8) is 0 Å². The average Bonchev–Trinajstić information content (AvgIpc) is 1.00. The van der Waals surface area contributed by atoms with Crippen LogP contribution in [0.25, 0.3) is 0 Å². The van der Waals surface area contributed by atoms with Crippen molar-refractivity contribution in [1.82, 2.24) is 0 Å². The molecule has 0 rings (SSSR count). The van der Waals surface area contributed by atoms with E-state index in [1.807, 2.05) is 0 Å². The third kappa shape index (κ3) is 8.93. The van der Waals surface area contributed by atoms with Gasteiger partial charge in [-0.15, -0.1) is 0 Å². The fraction of sp³-hybridized carbons (Fsp3) is 0. The molecule has 0 atom stereocenters. The van der Waals surface area contributed by atoms with E-state index < -0.39 is 0 Å². The molecule has 0 bridgehead atoms. The SMILES string of the molecule is [O]=[Sn].[Zn].[Zr]. The predicted octanol–water partition coefficient (Wildman–Crippen LogP) is -0.505. The van der Waals surface area contributed by atoms with Gasteiger partial charge in [-0.1, -0.05) is 0 Å². The van der Waals surface area contributed by atoms with Crippen molar-refractivity contribution < 1.29 is 48.8 Å². The Kier molecular flexibility index (Phi) is 80.1. The zero-order valence-electron chi connectivity index (χ0n) is 2.12. The largest absolute Gasteiger partial charge is 0 e. The second-order valence-electron chi connectivity index (χ2n) is 0. The molecule has 0 fully saturated rings. The normalized spacial score (nSPS) is 1.00. The Balaban J connectivity index is -0.00000000500. The topological polar surface area (TPSA) is 17.1 Å². The summed E-state index contributed by atoms with van der Waals surface area (Å²) in [7, 11) is 0. The van der Waals surface area contributed by atoms with Crippen LogP contribution in [0.2, 0.25) is 0 Å². The first-order chi connectivity index (χ1) is 1.00. The van der Waals surface area contributed by atoms with Gasteiger partial charge in [-0.3, -0.25) is 0 Å². The van der Waals surface area contributed by atoms with Gasteiger partial charge in [0.15, 0.2) is 0 Å². The van der Waals surface area contributed by atoms with Crippen LogP contribution in [-0.4, -0.2) is 22.5 Å². The first-order valence-electron chi connectivity index (χ1n) is 0.204. The van der Waals surface area contributed by atoms with E-state index >= 15 is 0 Å². The summed E-state index contributed by atoms with van der Waals surface area (Å²) in [4.78, 5) is 0. The Morgan fingerprint density at radius 3 is 1.25 bits per heavy atom. The van der Waals surface area contributed by atoms with E-state index in [0.29, 0.717) is 22.5 Å². The quantitative estimate of drug-likeness (QED) is 0.550. The fourth-order valence-electron chi connectivity index (χ4n) is 0. The summed E-state index contributed by atoms with van der Waals surface area (Å²) in [5.41, 5.74) is 0. The Bertz CT molecular complexity index is 8.00. The Hall–Kier alpha value is 2.11. The van der Waals surface area contributed by atoms with Gasteiger partial charge in [0, 0.05) is 45.7 Å². The summed E-state index contributed by atoms with van der Waals surface area (Å²) >= 11 is 0.300. The van der Waals surface area contributed by atoms with Crippen molar-refractivity contribution in [1.29, 1.82) is 0 Å². The molecule has 0 amide bonds. The van der Waals surface area contributed by atoms with Crippen LogP contribution < -0.4 is 0 Å². The minimum atomic E-state index is 0. The molecule has 0 saturated heterocycles. The molecule has 0 aliphatic rings. The maximum atomic E-state index is 8.34. The van der Waals surface area contributed by atoms with Crippen LogP contribution in [0, 0.1) is 0 Å². The molecule has 0 aromatic heterocycles. The molecule has 4 heteroatoms. The minimum Gasteiger partial charge on any atom is 0 e. The standard InChI is InChI=1S/O.Sn.Zn.Zr. The van der Waals surface area contributed by atoms with Crippen LogP contribution in [0.5, 0.6) is 0 Å². The molecule has 1 nitrogen and oxygen atoms in total. The molecular formula is OSnZnZr. The summed E-state index contributed by atoms with van der Waals surface area (Å²) in [5, 5.41) is 0. The van der Waals surface area contributed by atoms with Crippen molar-refractivity contribution in [3.05, 3.63) is 0 Å². The molecule has 0 aromatic carbocycles. The van der Waals surface area contributed by atoms with E-state index in [2.05, 4.69) is 0 Å². The first-order valence-corrected chi connectivity index (χ1v) is 1.37. The zero-order chi connectivity index (χ0) is 2.00. The Morgan fingerprint density at radius 1 is 1.25 bits per heavy atom. The summed E-state index contributed by atoms with van der Waals surface area (Å²) in [6.07, 6.45) is 0. The van der Waals surface area contributed by atoms with Gasteiger partial charge in [0.05, 0.1) is 0 Å². The predicted molar refractivity (Wildman–Crippen MR) is 6.44 cm³/mol. The summed E-state index contributed by atoms with van der Waals surface area (Å²) in [5.74, 6) is 0. The van der Waals surface area contributed by atoms with Crippen molar-refractivity contribution in [2.24, 2.45) is 0 Å². The van der Waals surface area contributed by atoms with E-state index in [9.17, 15) is 0 Å². The molecule has 0 heterocycles. The van der Waals surface area contributed by atoms with E-state index in [1.165, 1.54) is 0 Å². The van der Waals surface area contributed by atoms with E-state index in [4.69, 9.17) is 3.08 Å². The number of rotatable bonds is 0. The van der Waals surface area contributed by atoms with Crippen molar-refractivity contribution in [3.8, 4) is 0 Å². The molecule has 0 aliphatic carbocycles. The molecule has 16 valence electrons. The monoisotopic (exact) mass is 290 g/mol. The Labute approximate surface area is 70.3 Å². The number of hydrogen-bond acceptors (Lipinski definition) is 1. The molecule has 0 saturated carbocycles. The average molecular weight is 291 g/mol. The maximum absolute atomic E-state index is 8.34. The fourth-order valence-corrected chi connectivity index (χ4v) is 0. The third-order valence-corrected chi connectivity index (χ3v) is 0. The van der Waals surface area contributed by atoms with Gasteiger partial charge < -0.3 is 0 Å². The second kappa shape index (κ2) is 19.4. The van der Waals surface area contributed by atoms with Gasteiger partial charge in [-0.05, 0) is 0 Å².